The molecule has 2 nitrogen and oxygen atoms in total. The van der Waals surface area contributed by atoms with E-state index >= 15 is 0 Å². The van der Waals surface area contributed by atoms with Crippen molar-refractivity contribution in [3.8, 4) is 77.9 Å². The molecule has 2 aliphatic rings. The summed E-state index contributed by atoms with van der Waals surface area (Å²) in [4.78, 5) is 4.73. The van der Waals surface area contributed by atoms with Crippen molar-refractivity contribution >= 4 is 101 Å². The van der Waals surface area contributed by atoms with Crippen LogP contribution in [0.2, 0.25) is 0 Å². The van der Waals surface area contributed by atoms with Crippen LogP contribution in [0.3, 0.4) is 0 Å². The highest BCUT2D eigenvalue weighted by Crippen LogP contribution is 2.50. The Morgan fingerprint density at radius 2 is 0.322 bits per heavy atom. The van der Waals surface area contributed by atoms with Crippen molar-refractivity contribution in [2.45, 2.75) is 38.5 Å². The maximum absolute atomic E-state index is 2.37. The van der Waals surface area contributed by atoms with Crippen molar-refractivity contribution < 1.29 is 0 Å². The van der Waals surface area contributed by atoms with Crippen molar-refractivity contribution in [3.63, 3.8) is 0 Å². The maximum Gasteiger partial charge on any atom is 0.0462 e. The summed E-state index contributed by atoms with van der Waals surface area (Å²) in [6.07, 6.45) is 4.73. The normalized spacial score (nSPS) is 13.0. The molecular weight excluding hydrogens is 1420 g/mol. The van der Waals surface area contributed by atoms with Crippen LogP contribution >= 0.6 is 0 Å². The molecule has 0 saturated carbocycles. The highest BCUT2D eigenvalue weighted by Gasteiger charge is 2.35. The van der Waals surface area contributed by atoms with Gasteiger partial charge in [-0.3, -0.25) is 0 Å². The summed E-state index contributed by atoms with van der Waals surface area (Å²) in [6, 6.07) is 160. The van der Waals surface area contributed by atoms with Crippen molar-refractivity contribution in [1.82, 2.24) is 0 Å². The van der Waals surface area contributed by atoms with Crippen LogP contribution in [0.1, 0.15) is 61.1 Å². The molecule has 19 aromatic rings. The largest absolute Gasteiger partial charge is 0.311 e. The van der Waals surface area contributed by atoms with Gasteiger partial charge in [-0.2, -0.15) is 0 Å². The molecule has 19 aromatic carbocycles. The van der Waals surface area contributed by atoms with Crippen LogP contribution in [0.4, 0.5) is 34.1 Å². The summed E-state index contributed by atoms with van der Waals surface area (Å²) >= 11 is 0. The van der Waals surface area contributed by atoms with Gasteiger partial charge in [-0.25, -0.2) is 0 Å². The molecule has 118 heavy (non-hydrogen) atoms. The van der Waals surface area contributed by atoms with E-state index in [0.29, 0.717) is 0 Å². The number of benzene rings is 19. The zero-order valence-corrected chi connectivity index (χ0v) is 66.6. The number of anilines is 6. The van der Waals surface area contributed by atoms with Gasteiger partial charge in [0.15, 0.2) is 0 Å². The first-order chi connectivity index (χ1) is 57.9. The molecule has 560 valence electrons. The Hall–Kier alpha value is -14.7. The van der Waals surface area contributed by atoms with Gasteiger partial charge < -0.3 is 9.80 Å². The Labute approximate surface area is 692 Å². The van der Waals surface area contributed by atoms with Gasteiger partial charge in [0.1, 0.15) is 0 Å². The van der Waals surface area contributed by atoms with Crippen LogP contribution in [0.25, 0.3) is 144 Å². The van der Waals surface area contributed by atoms with E-state index in [9.17, 15) is 0 Å². The lowest BCUT2D eigenvalue weighted by Crippen LogP contribution is -2.16. The quantitative estimate of drug-likeness (QED) is 0.101. The number of fused-ring (bicyclic) bond motifs is 6. The highest BCUT2D eigenvalue weighted by atomic mass is 15.1. The number of hydrogen-bond acceptors (Lipinski definition) is 2. The third-order valence-electron chi connectivity index (χ3n) is 24.6. The Kier molecular flexibility index (Phi) is 18.7. The molecule has 2 aliphatic carbocycles. The summed E-state index contributed by atoms with van der Waals surface area (Å²) in [7, 11) is 0. The molecular formula is C116H86N2. The third-order valence-corrected chi connectivity index (χ3v) is 24.6. The molecule has 0 amide bonds. The minimum Gasteiger partial charge on any atom is -0.311 e. The first-order valence-corrected chi connectivity index (χ1v) is 41.1. The van der Waals surface area contributed by atoms with Gasteiger partial charge in [0.25, 0.3) is 0 Å². The van der Waals surface area contributed by atoms with E-state index in [1.54, 1.807) is 0 Å². The van der Waals surface area contributed by atoms with Crippen molar-refractivity contribution in [2.75, 3.05) is 9.80 Å². The topological polar surface area (TPSA) is 6.48 Å². The van der Waals surface area contributed by atoms with Crippen molar-refractivity contribution in [2.24, 2.45) is 0 Å². The standard InChI is InChI=1S/C61H45N.C55H41N/c1-61(2)59-14-8-7-13-55(59)41-60(61)50-31-37-58(38-32-50)62(56-33-27-46(28-34-56)44-15-19-48(20-16-44)53-25-23-42-9-3-5-11-51(42)39-53)57-35-29-47(30-36-57)45-17-21-49(22-18-45)54-26-24-43-10-4-6-12-52(43)40-54;1-55(2)53-14-8-7-13-49(53)37-54(55)44-27-33-52(34-28-44)56(51-31-25-43(26-32-51)48-22-20-39-10-4-6-12-46(39)36-48)50-29-23-41(24-30-50)40-15-17-42(18-16-40)47-21-19-38-9-3-5-11-45(38)35-47/h3-41H,1-2H3;3-37H,1-2H3. The Balaban J connectivity index is 0.000000152. The van der Waals surface area contributed by atoms with Gasteiger partial charge in [0.2, 0.25) is 0 Å². The predicted octanol–water partition coefficient (Wildman–Crippen LogP) is 32.3. The van der Waals surface area contributed by atoms with E-state index < -0.39 is 0 Å². The third kappa shape index (κ3) is 14.1. The molecule has 0 saturated heterocycles. The van der Waals surface area contributed by atoms with Gasteiger partial charge in [-0.05, 0) is 275 Å². The second-order valence-corrected chi connectivity index (χ2v) is 32.5. The van der Waals surface area contributed by atoms with Crippen LogP contribution in [0.15, 0.2) is 437 Å². The second-order valence-electron chi connectivity index (χ2n) is 32.5. The van der Waals surface area contributed by atoms with Gasteiger partial charge in [0.05, 0.1) is 0 Å². The van der Waals surface area contributed by atoms with Gasteiger partial charge in [0, 0.05) is 45.0 Å². The maximum atomic E-state index is 2.37. The lowest BCUT2D eigenvalue weighted by Gasteiger charge is -2.28. The predicted molar refractivity (Wildman–Crippen MR) is 505 cm³/mol. The smallest absolute Gasteiger partial charge is 0.0462 e. The monoisotopic (exact) mass is 1510 g/mol. The average molecular weight is 1510 g/mol. The number of hydrogen-bond donors (Lipinski definition) is 0. The minimum absolute atomic E-state index is 0.0557. The molecule has 0 atom stereocenters. The molecule has 0 bridgehead atoms. The molecule has 2 heteroatoms. The number of allylic oxidation sites excluding steroid dienone is 2. The first-order valence-electron chi connectivity index (χ1n) is 41.1. The van der Waals surface area contributed by atoms with E-state index in [1.807, 2.05) is 0 Å². The zero-order valence-electron chi connectivity index (χ0n) is 66.6. The minimum atomic E-state index is -0.0647. The fourth-order valence-electron chi connectivity index (χ4n) is 18.0. The number of rotatable bonds is 15. The van der Waals surface area contributed by atoms with Gasteiger partial charge in [-0.15, -0.1) is 0 Å². The van der Waals surface area contributed by atoms with E-state index in [1.165, 1.54) is 166 Å². The lowest BCUT2D eigenvalue weighted by atomic mass is 9.78. The molecule has 0 fully saturated rings. The molecule has 0 N–H and O–H groups in total. The summed E-state index contributed by atoms with van der Waals surface area (Å²) in [5.41, 5.74) is 34.1. The van der Waals surface area contributed by atoms with E-state index in [-0.39, 0.29) is 10.8 Å². The zero-order chi connectivity index (χ0) is 79.3. The summed E-state index contributed by atoms with van der Waals surface area (Å²) in [5.74, 6) is 0. The summed E-state index contributed by atoms with van der Waals surface area (Å²) in [6.45, 7) is 9.34. The van der Waals surface area contributed by atoms with Gasteiger partial charge in [-0.1, -0.05) is 367 Å². The van der Waals surface area contributed by atoms with E-state index in [0.717, 1.165) is 34.1 Å². The highest BCUT2D eigenvalue weighted by molar-refractivity contribution is 5.98. The van der Waals surface area contributed by atoms with Crippen molar-refractivity contribution in [1.29, 1.82) is 0 Å². The molecule has 0 spiro atoms. The second kappa shape index (κ2) is 30.6. The SMILES string of the molecule is CC1(C)C(c2ccc(N(c3ccc(-c4ccc(-c5ccc6ccccc6c5)cc4)cc3)c3ccc(-c4ccc(-c5ccc6ccccc6c5)cc4)cc3)cc2)=Cc2ccccc21.CC1(C)C(c2ccc(N(c3ccc(-c4ccc(-c5ccc6ccccc6c5)cc4)cc3)c3ccc(-c4ccc5ccccc5c4)cc3)cc2)=Cc2ccccc21. The van der Waals surface area contributed by atoms with E-state index in [2.05, 4.69) is 486 Å². The van der Waals surface area contributed by atoms with Crippen LogP contribution in [-0.4, -0.2) is 0 Å². The molecule has 0 radical (unpaired) electrons. The number of nitrogens with zero attached hydrogens (tertiary/aromatic N) is 2. The fourth-order valence-corrected chi connectivity index (χ4v) is 18.0. The van der Waals surface area contributed by atoms with Crippen LogP contribution in [0, 0.1) is 0 Å². The summed E-state index contributed by atoms with van der Waals surface area (Å²) in [5, 5.41) is 10.1. The Bertz CT molecular complexity index is 6840. The van der Waals surface area contributed by atoms with Crippen molar-refractivity contribution in [3.05, 3.63) is 470 Å². The van der Waals surface area contributed by atoms with Crippen LogP contribution in [-0.2, 0) is 10.8 Å². The summed E-state index contributed by atoms with van der Waals surface area (Å²) < 4.78 is 0. The Morgan fingerprint density at radius 1 is 0.153 bits per heavy atom. The molecule has 0 heterocycles. The molecule has 0 unspecified atom stereocenters. The van der Waals surface area contributed by atoms with Crippen LogP contribution in [0.5, 0.6) is 0 Å². The first kappa shape index (κ1) is 72.3. The van der Waals surface area contributed by atoms with E-state index in [4.69, 9.17) is 0 Å². The lowest BCUT2D eigenvalue weighted by molar-refractivity contribution is 0.704. The van der Waals surface area contributed by atoms with Gasteiger partial charge >= 0.3 is 0 Å². The molecule has 21 rings (SSSR count). The molecule has 0 aromatic heterocycles. The van der Waals surface area contributed by atoms with Crippen LogP contribution < -0.4 is 9.80 Å². The fraction of sp³-hybridized carbons (Fsp3) is 0.0517. The Morgan fingerprint density at radius 3 is 0.542 bits per heavy atom. The average Bonchev–Trinajstić information content (AvgIpc) is 1.04. The molecule has 0 aliphatic heterocycles.